The summed E-state index contributed by atoms with van der Waals surface area (Å²) in [5.74, 6) is 0.133. The number of aromatic nitrogens is 1. The summed E-state index contributed by atoms with van der Waals surface area (Å²) in [5, 5.41) is 11.4. The molecule has 0 atom stereocenters. The molecule has 0 spiro atoms. The van der Waals surface area contributed by atoms with Crippen LogP contribution in [0.5, 0.6) is 5.88 Å². The van der Waals surface area contributed by atoms with Gasteiger partial charge in [0.2, 0.25) is 0 Å². The van der Waals surface area contributed by atoms with Crippen LogP contribution in [-0.2, 0) is 0 Å². The van der Waals surface area contributed by atoms with Crippen LogP contribution in [0.15, 0.2) is 23.2 Å². The zero-order chi connectivity index (χ0) is 13.8. The number of nitrogens with one attached hydrogen (secondary N) is 1. The van der Waals surface area contributed by atoms with Crippen molar-refractivity contribution in [3.63, 3.8) is 0 Å². The first kappa shape index (κ1) is 13.9. The molecule has 0 aliphatic rings. The third-order valence-electron chi connectivity index (χ3n) is 2.89. The smallest absolute Gasteiger partial charge is 0.198 e. The molecule has 2 N–H and O–H groups in total. The summed E-state index contributed by atoms with van der Waals surface area (Å²) in [5.41, 5.74) is 1.55. The molecule has 102 valence electrons. The minimum absolute atomic E-state index is 0.133. The summed E-state index contributed by atoms with van der Waals surface area (Å²) in [4.78, 5) is 9.39. The molecule has 1 heterocycles. The normalized spacial score (nSPS) is 12.0. The highest BCUT2D eigenvalue weighted by atomic mass is 35.5. The standard InChI is InChI=1S/C14H18ClN3O/c1-18(2)7-3-6-16-9-12-11-8-10(15)4-5-13(11)17-14(12)19/h4-5,8-9,17,19H,3,6-7H2,1-2H3. The van der Waals surface area contributed by atoms with Gasteiger partial charge in [-0.1, -0.05) is 11.6 Å². The fraction of sp³-hybridized carbons (Fsp3) is 0.357. The second-order valence-electron chi connectivity index (χ2n) is 4.77. The third kappa shape index (κ3) is 3.49. The molecule has 0 unspecified atom stereocenters. The topological polar surface area (TPSA) is 51.6 Å². The van der Waals surface area contributed by atoms with Crippen LogP contribution in [0, 0.1) is 0 Å². The van der Waals surface area contributed by atoms with Gasteiger partial charge >= 0.3 is 0 Å². The van der Waals surface area contributed by atoms with Crippen LogP contribution in [0.3, 0.4) is 0 Å². The Morgan fingerprint density at radius 3 is 2.95 bits per heavy atom. The second kappa shape index (κ2) is 6.08. The SMILES string of the molecule is CN(C)CCCN=Cc1c(O)[nH]c2ccc(Cl)cc12. The van der Waals surface area contributed by atoms with E-state index in [-0.39, 0.29) is 5.88 Å². The second-order valence-corrected chi connectivity index (χ2v) is 5.21. The van der Waals surface area contributed by atoms with Crippen molar-refractivity contribution in [3.05, 3.63) is 28.8 Å². The molecule has 0 aliphatic heterocycles. The molecule has 2 rings (SSSR count). The Kier molecular flexibility index (Phi) is 4.45. The number of benzene rings is 1. The maximum absolute atomic E-state index is 9.87. The number of fused-ring (bicyclic) bond motifs is 1. The van der Waals surface area contributed by atoms with Gasteiger partial charge in [-0.3, -0.25) is 4.99 Å². The van der Waals surface area contributed by atoms with Crippen molar-refractivity contribution in [3.8, 4) is 5.88 Å². The Morgan fingerprint density at radius 1 is 1.42 bits per heavy atom. The molecule has 0 amide bonds. The number of H-pyrrole nitrogens is 1. The number of rotatable bonds is 5. The molecular weight excluding hydrogens is 262 g/mol. The lowest BCUT2D eigenvalue weighted by Crippen LogP contribution is -2.13. The van der Waals surface area contributed by atoms with Gasteiger partial charge in [-0.2, -0.15) is 0 Å². The van der Waals surface area contributed by atoms with E-state index < -0.39 is 0 Å². The van der Waals surface area contributed by atoms with Crippen molar-refractivity contribution in [2.24, 2.45) is 4.99 Å². The lowest BCUT2D eigenvalue weighted by atomic mass is 10.2. The van der Waals surface area contributed by atoms with Crippen molar-refractivity contribution in [1.29, 1.82) is 0 Å². The van der Waals surface area contributed by atoms with Crippen molar-refractivity contribution in [1.82, 2.24) is 9.88 Å². The summed E-state index contributed by atoms with van der Waals surface area (Å²) in [6.45, 7) is 1.74. The van der Waals surface area contributed by atoms with Crippen LogP contribution in [0.2, 0.25) is 5.02 Å². The van der Waals surface area contributed by atoms with Crippen molar-refractivity contribution < 1.29 is 5.11 Å². The van der Waals surface area contributed by atoms with E-state index in [9.17, 15) is 5.11 Å². The molecule has 2 aromatic rings. The third-order valence-corrected chi connectivity index (χ3v) is 3.13. The Bertz CT molecular complexity index is 590. The first-order valence-electron chi connectivity index (χ1n) is 6.22. The van der Waals surface area contributed by atoms with Crippen LogP contribution in [-0.4, -0.2) is 48.4 Å². The predicted octanol–water partition coefficient (Wildman–Crippen LogP) is 2.90. The highest BCUT2D eigenvalue weighted by molar-refractivity contribution is 6.31. The minimum atomic E-state index is 0.133. The van der Waals surface area contributed by atoms with Crippen LogP contribution in [0.4, 0.5) is 0 Å². The number of hydrogen-bond donors (Lipinski definition) is 2. The van der Waals surface area contributed by atoms with E-state index in [0.29, 0.717) is 10.6 Å². The van der Waals surface area contributed by atoms with Crippen LogP contribution in [0.1, 0.15) is 12.0 Å². The van der Waals surface area contributed by atoms with Gasteiger partial charge in [-0.05, 0) is 45.3 Å². The summed E-state index contributed by atoms with van der Waals surface area (Å²) in [7, 11) is 4.08. The lowest BCUT2D eigenvalue weighted by molar-refractivity contribution is 0.403. The van der Waals surface area contributed by atoms with Gasteiger partial charge in [0.25, 0.3) is 0 Å². The van der Waals surface area contributed by atoms with E-state index in [1.165, 1.54) is 0 Å². The van der Waals surface area contributed by atoms with Gasteiger partial charge < -0.3 is 15.0 Å². The fourth-order valence-corrected chi connectivity index (χ4v) is 2.11. The number of halogens is 1. The van der Waals surface area contributed by atoms with Crippen LogP contribution < -0.4 is 0 Å². The average Bonchev–Trinajstić information content (AvgIpc) is 2.65. The highest BCUT2D eigenvalue weighted by Gasteiger charge is 2.08. The summed E-state index contributed by atoms with van der Waals surface area (Å²) in [6.07, 6.45) is 2.70. The molecule has 0 saturated heterocycles. The van der Waals surface area contributed by atoms with Gasteiger partial charge in [0.1, 0.15) is 0 Å². The molecule has 1 aromatic heterocycles. The predicted molar refractivity (Wildman–Crippen MR) is 80.6 cm³/mol. The van der Waals surface area contributed by atoms with Crippen LogP contribution >= 0.6 is 11.6 Å². The monoisotopic (exact) mass is 279 g/mol. The summed E-state index contributed by atoms with van der Waals surface area (Å²) >= 11 is 5.97. The maximum Gasteiger partial charge on any atom is 0.198 e. The van der Waals surface area contributed by atoms with E-state index in [0.717, 1.165) is 30.4 Å². The average molecular weight is 280 g/mol. The van der Waals surface area contributed by atoms with Crippen molar-refractivity contribution in [2.75, 3.05) is 27.2 Å². The quantitative estimate of drug-likeness (QED) is 0.653. The number of hydrogen-bond acceptors (Lipinski definition) is 3. The lowest BCUT2D eigenvalue weighted by Gasteiger charge is -2.06. The Hall–Kier alpha value is -1.52. The zero-order valence-electron chi connectivity index (χ0n) is 11.2. The van der Waals surface area contributed by atoms with Gasteiger partial charge in [0.15, 0.2) is 5.88 Å². The molecule has 19 heavy (non-hydrogen) atoms. The summed E-state index contributed by atoms with van der Waals surface area (Å²) in [6, 6.07) is 5.47. The molecule has 4 nitrogen and oxygen atoms in total. The minimum Gasteiger partial charge on any atom is -0.494 e. The Labute approximate surface area is 117 Å². The van der Waals surface area contributed by atoms with E-state index in [1.807, 2.05) is 26.2 Å². The van der Waals surface area contributed by atoms with Crippen molar-refractivity contribution >= 4 is 28.7 Å². The largest absolute Gasteiger partial charge is 0.494 e. The van der Waals surface area contributed by atoms with Gasteiger partial charge in [0, 0.05) is 28.7 Å². The molecule has 0 fully saturated rings. The number of nitrogens with zero attached hydrogens (tertiary/aromatic N) is 2. The zero-order valence-corrected chi connectivity index (χ0v) is 11.9. The molecule has 0 radical (unpaired) electrons. The van der Waals surface area contributed by atoms with Crippen molar-refractivity contribution in [2.45, 2.75) is 6.42 Å². The Balaban J connectivity index is 2.13. The van der Waals surface area contributed by atoms with E-state index in [1.54, 1.807) is 12.3 Å². The molecule has 0 bridgehead atoms. The first-order valence-corrected chi connectivity index (χ1v) is 6.60. The van der Waals surface area contributed by atoms with Gasteiger partial charge in [-0.25, -0.2) is 0 Å². The highest BCUT2D eigenvalue weighted by Crippen LogP contribution is 2.27. The molecule has 5 heteroatoms. The first-order chi connectivity index (χ1) is 9.08. The number of aromatic amines is 1. The van der Waals surface area contributed by atoms with Crippen LogP contribution in [0.25, 0.3) is 10.9 Å². The molecule has 1 aromatic carbocycles. The number of aliphatic imine (C=N–C) groups is 1. The number of aromatic hydroxyl groups is 1. The van der Waals surface area contributed by atoms with E-state index in [2.05, 4.69) is 14.9 Å². The van der Waals surface area contributed by atoms with E-state index in [4.69, 9.17) is 11.6 Å². The molecule has 0 aliphatic carbocycles. The van der Waals surface area contributed by atoms with E-state index >= 15 is 0 Å². The van der Waals surface area contributed by atoms with Gasteiger partial charge in [-0.15, -0.1) is 0 Å². The molecular formula is C14H18ClN3O. The van der Waals surface area contributed by atoms with Gasteiger partial charge in [0.05, 0.1) is 5.56 Å². The maximum atomic E-state index is 9.87. The fourth-order valence-electron chi connectivity index (χ4n) is 1.94. The Morgan fingerprint density at radius 2 is 2.21 bits per heavy atom. The summed E-state index contributed by atoms with van der Waals surface area (Å²) < 4.78 is 0. The molecule has 0 saturated carbocycles.